The van der Waals surface area contributed by atoms with Crippen LogP contribution in [0.1, 0.15) is 74.7 Å². The molecule has 0 unspecified atom stereocenters. The van der Waals surface area contributed by atoms with Gasteiger partial charge in [0.15, 0.2) is 0 Å². The highest BCUT2D eigenvalue weighted by Gasteiger charge is 2.32. The van der Waals surface area contributed by atoms with E-state index >= 15 is 0 Å². The monoisotopic (exact) mass is 369 g/mol. The smallest absolute Gasteiger partial charge is 0.407 e. The van der Waals surface area contributed by atoms with Crippen LogP contribution < -0.4 is 5.32 Å². The molecule has 0 aromatic heterocycles. The predicted octanol–water partition coefficient (Wildman–Crippen LogP) is 3.40. The highest BCUT2D eigenvalue weighted by molar-refractivity contribution is 5.79. The molecule has 152 valence electrons. The molecule has 2 atom stereocenters. The van der Waals surface area contributed by atoms with Crippen LogP contribution in [0.25, 0.3) is 0 Å². The molecule has 0 radical (unpaired) electrons. The zero-order chi connectivity index (χ0) is 20.1. The number of hydrogen-bond donors (Lipinski definition) is 1. The van der Waals surface area contributed by atoms with Crippen molar-refractivity contribution in [3.8, 4) is 0 Å². The fraction of sp³-hybridized carbons (Fsp3) is 0.900. The maximum absolute atomic E-state index is 12.8. The van der Waals surface area contributed by atoms with E-state index in [0.717, 1.165) is 25.8 Å². The molecule has 0 aromatic rings. The van der Waals surface area contributed by atoms with E-state index in [4.69, 9.17) is 4.74 Å². The van der Waals surface area contributed by atoms with Crippen molar-refractivity contribution in [3.05, 3.63) is 0 Å². The molecule has 0 aliphatic carbocycles. The van der Waals surface area contributed by atoms with Gasteiger partial charge in [0, 0.05) is 24.2 Å². The van der Waals surface area contributed by atoms with Gasteiger partial charge in [0.2, 0.25) is 5.91 Å². The number of carbonyl (C=O) groups excluding carboxylic acids is 2. The summed E-state index contributed by atoms with van der Waals surface area (Å²) in [6, 6.07) is 0.456. The third-order valence-electron chi connectivity index (χ3n) is 4.72. The first-order valence-corrected chi connectivity index (χ1v) is 9.97. The Morgan fingerprint density at radius 1 is 1.12 bits per heavy atom. The van der Waals surface area contributed by atoms with Crippen molar-refractivity contribution in [2.75, 3.05) is 13.1 Å². The van der Waals surface area contributed by atoms with E-state index in [9.17, 15) is 9.59 Å². The summed E-state index contributed by atoms with van der Waals surface area (Å²) in [6.45, 7) is 17.1. The van der Waals surface area contributed by atoms with Crippen LogP contribution in [-0.2, 0) is 9.53 Å². The van der Waals surface area contributed by atoms with Gasteiger partial charge in [-0.2, -0.15) is 0 Å². The van der Waals surface area contributed by atoms with Crippen LogP contribution in [0, 0.1) is 0 Å². The molecule has 6 heteroatoms. The van der Waals surface area contributed by atoms with E-state index in [0.29, 0.717) is 6.54 Å². The Balaban J connectivity index is 2.74. The molecule has 1 fully saturated rings. The third kappa shape index (κ3) is 7.14. The van der Waals surface area contributed by atoms with Gasteiger partial charge in [0.05, 0.1) is 6.54 Å². The topological polar surface area (TPSA) is 61.9 Å². The van der Waals surface area contributed by atoms with Gasteiger partial charge in [-0.1, -0.05) is 6.42 Å². The lowest BCUT2D eigenvalue weighted by atomic mass is 9.96. The number of amides is 2. The normalized spacial score (nSPS) is 20.2. The highest BCUT2D eigenvalue weighted by atomic mass is 16.6. The van der Waals surface area contributed by atoms with E-state index in [-0.39, 0.29) is 30.1 Å². The summed E-state index contributed by atoms with van der Waals surface area (Å²) in [4.78, 5) is 29.1. The van der Waals surface area contributed by atoms with Gasteiger partial charge in [0.25, 0.3) is 0 Å². The lowest BCUT2D eigenvalue weighted by molar-refractivity contribution is -0.137. The molecule has 0 bridgehead atoms. The van der Waals surface area contributed by atoms with Crippen molar-refractivity contribution in [1.29, 1.82) is 0 Å². The molecular weight excluding hydrogens is 330 g/mol. The second-order valence-corrected chi connectivity index (χ2v) is 8.96. The first kappa shape index (κ1) is 22.7. The Kier molecular flexibility index (Phi) is 8.38. The van der Waals surface area contributed by atoms with Crippen LogP contribution in [-0.4, -0.2) is 64.7 Å². The zero-order valence-corrected chi connectivity index (χ0v) is 18.0. The van der Waals surface area contributed by atoms with E-state index in [2.05, 4.69) is 37.9 Å². The molecule has 0 aromatic carbocycles. The van der Waals surface area contributed by atoms with Crippen LogP contribution in [0.2, 0.25) is 0 Å². The highest BCUT2D eigenvalue weighted by Crippen LogP contribution is 2.21. The number of rotatable bonds is 6. The van der Waals surface area contributed by atoms with Crippen molar-refractivity contribution >= 4 is 12.0 Å². The number of hydrogen-bond acceptors (Lipinski definition) is 4. The molecule has 1 heterocycles. The third-order valence-corrected chi connectivity index (χ3v) is 4.72. The van der Waals surface area contributed by atoms with Crippen molar-refractivity contribution in [3.63, 3.8) is 0 Å². The summed E-state index contributed by atoms with van der Waals surface area (Å²) >= 11 is 0. The van der Waals surface area contributed by atoms with Crippen LogP contribution in [0.5, 0.6) is 0 Å². The SMILES string of the molecule is CC(C)N(C(=O)CN1CCCC[C@@H]1[C@H](C)NC(=O)OC(C)(C)C)C(C)C. The lowest BCUT2D eigenvalue weighted by Gasteiger charge is -2.41. The number of carbonyl (C=O) groups is 2. The minimum atomic E-state index is -0.513. The minimum absolute atomic E-state index is 0.0653. The second-order valence-electron chi connectivity index (χ2n) is 8.96. The average molecular weight is 370 g/mol. The van der Waals surface area contributed by atoms with E-state index in [1.165, 1.54) is 0 Å². The number of ether oxygens (including phenoxy) is 1. The van der Waals surface area contributed by atoms with Gasteiger partial charge in [-0.15, -0.1) is 0 Å². The quantitative estimate of drug-likeness (QED) is 0.779. The van der Waals surface area contributed by atoms with Crippen molar-refractivity contribution in [1.82, 2.24) is 15.1 Å². The van der Waals surface area contributed by atoms with Crippen LogP contribution >= 0.6 is 0 Å². The number of nitrogens with zero attached hydrogens (tertiary/aromatic N) is 2. The molecule has 26 heavy (non-hydrogen) atoms. The van der Waals surface area contributed by atoms with Crippen LogP contribution in [0.15, 0.2) is 0 Å². The average Bonchev–Trinajstić information content (AvgIpc) is 2.44. The molecule has 1 aliphatic heterocycles. The van der Waals surface area contributed by atoms with Crippen LogP contribution in [0.3, 0.4) is 0 Å². The van der Waals surface area contributed by atoms with Crippen LogP contribution in [0.4, 0.5) is 4.79 Å². The maximum atomic E-state index is 12.8. The minimum Gasteiger partial charge on any atom is -0.444 e. The summed E-state index contributed by atoms with van der Waals surface area (Å²) in [7, 11) is 0. The number of likely N-dealkylation sites (tertiary alicyclic amines) is 1. The number of piperidine rings is 1. The fourth-order valence-electron chi connectivity index (χ4n) is 3.80. The summed E-state index contributed by atoms with van der Waals surface area (Å²) in [5.41, 5.74) is -0.513. The van der Waals surface area contributed by atoms with Crippen molar-refractivity contribution in [2.24, 2.45) is 0 Å². The second kappa shape index (κ2) is 9.58. The molecule has 1 saturated heterocycles. The largest absolute Gasteiger partial charge is 0.444 e. The van der Waals surface area contributed by atoms with Gasteiger partial charge in [-0.05, 0) is 74.8 Å². The fourth-order valence-corrected chi connectivity index (χ4v) is 3.80. The van der Waals surface area contributed by atoms with E-state index < -0.39 is 11.7 Å². The summed E-state index contributed by atoms with van der Waals surface area (Å²) < 4.78 is 5.37. The first-order valence-electron chi connectivity index (χ1n) is 9.97. The van der Waals surface area contributed by atoms with E-state index in [1.807, 2.05) is 32.6 Å². The molecule has 6 nitrogen and oxygen atoms in total. The Labute approximate surface area is 159 Å². The van der Waals surface area contributed by atoms with Gasteiger partial charge in [-0.3, -0.25) is 9.69 Å². The summed E-state index contributed by atoms with van der Waals surface area (Å²) in [5.74, 6) is 0.159. The maximum Gasteiger partial charge on any atom is 0.407 e. The summed E-state index contributed by atoms with van der Waals surface area (Å²) in [6.07, 6.45) is 2.79. The molecule has 1 aliphatic rings. The Morgan fingerprint density at radius 2 is 1.69 bits per heavy atom. The summed E-state index contributed by atoms with van der Waals surface area (Å²) in [5, 5.41) is 2.96. The predicted molar refractivity (Wildman–Crippen MR) is 105 cm³/mol. The lowest BCUT2D eigenvalue weighted by Crippen LogP contribution is -2.56. The molecular formula is C20H39N3O3. The number of alkyl carbamates (subject to hydrolysis) is 1. The Morgan fingerprint density at radius 3 is 2.19 bits per heavy atom. The van der Waals surface area contributed by atoms with Crippen molar-refractivity contribution < 1.29 is 14.3 Å². The van der Waals surface area contributed by atoms with Gasteiger partial charge >= 0.3 is 6.09 Å². The zero-order valence-electron chi connectivity index (χ0n) is 18.0. The molecule has 0 saturated carbocycles. The van der Waals surface area contributed by atoms with Gasteiger partial charge in [-0.25, -0.2) is 4.79 Å². The molecule has 1 N–H and O–H groups in total. The van der Waals surface area contributed by atoms with Gasteiger partial charge < -0.3 is 15.0 Å². The molecule has 2 amide bonds. The number of nitrogens with one attached hydrogen (secondary N) is 1. The standard InChI is InChI=1S/C20H39N3O3/c1-14(2)23(15(3)4)18(24)13-22-12-10-9-11-17(22)16(5)21-19(25)26-20(6,7)8/h14-17H,9-13H2,1-8H3,(H,21,25)/t16-,17+/m0/s1. The molecule has 1 rings (SSSR count). The van der Waals surface area contributed by atoms with Gasteiger partial charge in [0.1, 0.15) is 5.60 Å². The Bertz CT molecular complexity index is 463. The van der Waals surface area contributed by atoms with Crippen molar-refractivity contribution in [2.45, 2.75) is 104 Å². The first-order chi connectivity index (χ1) is 11.9. The molecule has 0 spiro atoms. The Hall–Kier alpha value is -1.30. The van der Waals surface area contributed by atoms with E-state index in [1.54, 1.807) is 0 Å².